The summed E-state index contributed by atoms with van der Waals surface area (Å²) in [5.74, 6) is 5.54. The van der Waals surface area contributed by atoms with Gasteiger partial charge in [0.1, 0.15) is 52.8 Å². The molecule has 1 aliphatic carbocycles. The zero-order valence-corrected chi connectivity index (χ0v) is 35.6. The Balaban J connectivity index is 1.99. The van der Waals surface area contributed by atoms with Crippen LogP contribution >= 0.6 is 0 Å². The van der Waals surface area contributed by atoms with Crippen LogP contribution in [0, 0.1) is 17.8 Å². The highest BCUT2D eigenvalue weighted by Gasteiger charge is 2.25. The predicted molar refractivity (Wildman–Crippen MR) is 231 cm³/mol. The van der Waals surface area contributed by atoms with Gasteiger partial charge in [0.2, 0.25) is 0 Å². The quantitative estimate of drug-likeness (QED) is 0.0729. The minimum Gasteiger partial charge on any atom is -0.493 e. The molecule has 0 heterocycles. The summed E-state index contributed by atoms with van der Waals surface area (Å²) in [5.41, 5.74) is 21.7. The van der Waals surface area contributed by atoms with Crippen molar-refractivity contribution in [1.29, 1.82) is 0 Å². The number of ether oxygens (including phenoxy) is 6. The van der Waals surface area contributed by atoms with E-state index in [0.717, 1.165) is 72.3 Å². The van der Waals surface area contributed by atoms with Crippen LogP contribution in [0.3, 0.4) is 0 Å². The molecule has 0 aromatic heterocycles. The Labute approximate surface area is 338 Å². The van der Waals surface area contributed by atoms with Crippen LogP contribution in [0.15, 0.2) is 48.5 Å². The summed E-state index contributed by atoms with van der Waals surface area (Å²) >= 11 is 0. The maximum atomic E-state index is 7.00. The van der Waals surface area contributed by atoms with Crippen molar-refractivity contribution in [3.63, 3.8) is 0 Å². The molecule has 0 spiro atoms. The van der Waals surface area contributed by atoms with E-state index in [-0.39, 0.29) is 18.3 Å². The first-order valence-corrected chi connectivity index (χ1v) is 21.6. The number of hydrogen-bond donors (Lipinski definition) is 3. The standard InChI is InChI=1S/C47H73N3O6/c1-8-15-36(16-9-2)31-53-44-23-39(46-42(52-29-35(10-3)11-4)19-14-20-43(46)55-33(6)27-49)24-45(56-34(7)28-50)47(44)38-21-40(51-30-37-17-12-13-18-37)25-41(22-38)54-32(5)26-48/h14,19-25,32-37H,8-13,15-18,26-31,48-50H2,1-7H3/t32-,33-,34-/m0/s1. The molecule has 3 atom stereocenters. The van der Waals surface area contributed by atoms with Crippen molar-refractivity contribution in [3.05, 3.63) is 48.5 Å². The van der Waals surface area contributed by atoms with Crippen molar-refractivity contribution < 1.29 is 28.4 Å². The van der Waals surface area contributed by atoms with E-state index >= 15 is 0 Å². The molecule has 3 aromatic carbocycles. The van der Waals surface area contributed by atoms with Crippen LogP contribution in [0.4, 0.5) is 0 Å². The van der Waals surface area contributed by atoms with Gasteiger partial charge in [0, 0.05) is 25.7 Å². The Kier molecular flexibility index (Phi) is 18.9. The summed E-state index contributed by atoms with van der Waals surface area (Å²) in [7, 11) is 0. The number of nitrogens with two attached hydrogens (primary N) is 3. The first-order chi connectivity index (χ1) is 27.2. The maximum absolute atomic E-state index is 7.00. The van der Waals surface area contributed by atoms with Crippen molar-refractivity contribution >= 4 is 0 Å². The second-order valence-electron chi connectivity index (χ2n) is 15.9. The van der Waals surface area contributed by atoms with Gasteiger partial charge in [0.15, 0.2) is 0 Å². The van der Waals surface area contributed by atoms with Crippen molar-refractivity contribution in [1.82, 2.24) is 0 Å². The van der Waals surface area contributed by atoms with Crippen LogP contribution in [0.25, 0.3) is 22.3 Å². The van der Waals surface area contributed by atoms with Crippen LogP contribution in [0.5, 0.6) is 34.5 Å². The molecule has 0 unspecified atom stereocenters. The zero-order chi connectivity index (χ0) is 40.5. The van der Waals surface area contributed by atoms with Crippen molar-refractivity contribution in [3.8, 4) is 56.8 Å². The third-order valence-corrected chi connectivity index (χ3v) is 11.0. The second kappa shape index (κ2) is 23.5. The number of hydrogen-bond acceptors (Lipinski definition) is 9. The average molecular weight is 776 g/mol. The Bertz CT molecular complexity index is 1580. The lowest BCUT2D eigenvalue weighted by atomic mass is 9.95. The SMILES string of the molecule is CCCC(CCC)COc1cc(-c2c(OCC(CC)CC)cccc2O[C@@H](C)CN)cc(O[C@@H](C)CN)c1-c1cc(OCC2CCCC2)cc(O[C@@H](C)CN)c1. The summed E-state index contributed by atoms with van der Waals surface area (Å²) in [5, 5.41) is 0. The van der Waals surface area contributed by atoms with Gasteiger partial charge < -0.3 is 45.6 Å². The van der Waals surface area contributed by atoms with Gasteiger partial charge in [0.25, 0.3) is 0 Å². The molecular formula is C47H73N3O6. The van der Waals surface area contributed by atoms with E-state index in [1.54, 1.807) is 0 Å². The van der Waals surface area contributed by atoms with E-state index in [1.807, 2.05) is 51.1 Å². The summed E-state index contributed by atoms with van der Waals surface area (Å²) in [4.78, 5) is 0. The molecule has 9 nitrogen and oxygen atoms in total. The normalized spacial score (nSPS) is 14.9. The molecule has 56 heavy (non-hydrogen) atoms. The lowest BCUT2D eigenvalue weighted by Crippen LogP contribution is -2.23. The van der Waals surface area contributed by atoms with Crippen LogP contribution in [0.2, 0.25) is 0 Å². The van der Waals surface area contributed by atoms with Gasteiger partial charge in [0.05, 0.1) is 30.9 Å². The smallest absolute Gasteiger partial charge is 0.131 e. The van der Waals surface area contributed by atoms with Crippen LogP contribution in [-0.2, 0) is 0 Å². The Hall–Kier alpha value is -3.66. The third kappa shape index (κ3) is 13.2. The molecule has 0 radical (unpaired) electrons. The molecule has 1 fully saturated rings. The minimum absolute atomic E-state index is 0.186. The lowest BCUT2D eigenvalue weighted by molar-refractivity contribution is 0.219. The highest BCUT2D eigenvalue weighted by Crippen LogP contribution is 2.49. The second-order valence-corrected chi connectivity index (χ2v) is 15.9. The Morgan fingerprint density at radius 1 is 0.571 bits per heavy atom. The van der Waals surface area contributed by atoms with Gasteiger partial charge in [-0.3, -0.25) is 0 Å². The van der Waals surface area contributed by atoms with Gasteiger partial charge in [-0.15, -0.1) is 0 Å². The molecule has 312 valence electrons. The van der Waals surface area contributed by atoms with E-state index in [1.165, 1.54) is 25.7 Å². The van der Waals surface area contributed by atoms with Crippen molar-refractivity contribution in [2.24, 2.45) is 35.0 Å². The third-order valence-electron chi connectivity index (χ3n) is 11.0. The van der Waals surface area contributed by atoms with E-state index in [0.29, 0.717) is 80.2 Å². The first-order valence-electron chi connectivity index (χ1n) is 21.6. The molecular weight excluding hydrogens is 703 g/mol. The van der Waals surface area contributed by atoms with Crippen LogP contribution < -0.4 is 45.6 Å². The molecule has 0 aliphatic heterocycles. The summed E-state index contributed by atoms with van der Waals surface area (Å²) in [6.07, 6.45) is 10.6. The zero-order valence-electron chi connectivity index (χ0n) is 35.6. The summed E-state index contributed by atoms with van der Waals surface area (Å²) in [6.45, 7) is 17.7. The number of rotatable bonds is 26. The Morgan fingerprint density at radius 2 is 1.09 bits per heavy atom. The van der Waals surface area contributed by atoms with E-state index < -0.39 is 0 Å². The molecule has 4 rings (SSSR count). The first kappa shape index (κ1) is 45.0. The lowest BCUT2D eigenvalue weighted by Gasteiger charge is -2.25. The summed E-state index contributed by atoms with van der Waals surface area (Å²) < 4.78 is 39.8. The van der Waals surface area contributed by atoms with Gasteiger partial charge in [-0.25, -0.2) is 0 Å². The van der Waals surface area contributed by atoms with Gasteiger partial charge in [-0.2, -0.15) is 0 Å². The van der Waals surface area contributed by atoms with Crippen LogP contribution in [0.1, 0.15) is 113 Å². The van der Waals surface area contributed by atoms with Crippen LogP contribution in [-0.4, -0.2) is 57.8 Å². The van der Waals surface area contributed by atoms with E-state index in [2.05, 4.69) is 45.9 Å². The minimum atomic E-state index is -0.283. The fourth-order valence-corrected chi connectivity index (χ4v) is 7.38. The fraction of sp³-hybridized carbons (Fsp3) is 0.617. The predicted octanol–water partition coefficient (Wildman–Crippen LogP) is 10.2. The molecule has 0 saturated heterocycles. The number of benzene rings is 3. The largest absolute Gasteiger partial charge is 0.493 e. The molecule has 0 amide bonds. The van der Waals surface area contributed by atoms with E-state index in [4.69, 9.17) is 45.6 Å². The van der Waals surface area contributed by atoms with Gasteiger partial charge in [-0.05, 0) is 112 Å². The van der Waals surface area contributed by atoms with Gasteiger partial charge in [-0.1, -0.05) is 72.3 Å². The molecule has 1 saturated carbocycles. The average Bonchev–Trinajstić information content (AvgIpc) is 3.73. The summed E-state index contributed by atoms with van der Waals surface area (Å²) in [6, 6.07) is 16.2. The molecule has 1 aliphatic rings. The molecule has 0 bridgehead atoms. The molecule has 6 N–H and O–H groups in total. The van der Waals surface area contributed by atoms with Gasteiger partial charge >= 0.3 is 0 Å². The molecule has 3 aromatic rings. The highest BCUT2D eigenvalue weighted by atomic mass is 16.5. The fourth-order valence-electron chi connectivity index (χ4n) is 7.38. The monoisotopic (exact) mass is 776 g/mol. The maximum Gasteiger partial charge on any atom is 0.131 e. The van der Waals surface area contributed by atoms with Crippen molar-refractivity contribution in [2.45, 2.75) is 131 Å². The van der Waals surface area contributed by atoms with Crippen molar-refractivity contribution in [2.75, 3.05) is 39.5 Å². The highest BCUT2D eigenvalue weighted by molar-refractivity contribution is 5.86. The molecule has 9 heteroatoms. The topological polar surface area (TPSA) is 133 Å². The van der Waals surface area contributed by atoms with E-state index in [9.17, 15) is 0 Å². The Morgan fingerprint density at radius 3 is 1.71 bits per heavy atom.